The van der Waals surface area contributed by atoms with E-state index in [1.807, 2.05) is 13.8 Å². The number of carbonyl (C=O) groups is 1. The van der Waals surface area contributed by atoms with E-state index in [9.17, 15) is 18.0 Å². The highest BCUT2D eigenvalue weighted by Gasteiger charge is 2.31. The summed E-state index contributed by atoms with van der Waals surface area (Å²) in [5.41, 5.74) is 0.991. The maximum Gasteiger partial charge on any atom is 0.422 e. The summed E-state index contributed by atoms with van der Waals surface area (Å²) in [5.74, 6) is -0.237. The Bertz CT molecular complexity index is 637. The molecule has 8 heteroatoms. The van der Waals surface area contributed by atoms with Crippen molar-refractivity contribution in [2.75, 3.05) is 31.6 Å². The lowest BCUT2D eigenvalue weighted by molar-refractivity contribution is -0.153. The van der Waals surface area contributed by atoms with Crippen molar-refractivity contribution in [2.24, 2.45) is 0 Å². The third-order valence-corrected chi connectivity index (χ3v) is 4.54. The van der Waals surface area contributed by atoms with E-state index in [0.29, 0.717) is 26.1 Å². The maximum absolute atomic E-state index is 12.8. The number of nitrogens with zero attached hydrogens (tertiary/aromatic N) is 1. The number of carbonyl (C=O) groups excluding carboxylic acids is 1. The number of anilines is 1. The molecule has 0 unspecified atom stereocenters. The van der Waals surface area contributed by atoms with Gasteiger partial charge in [0.25, 0.3) is 0 Å². The Morgan fingerprint density at radius 2 is 2.15 bits per heavy atom. The Labute approximate surface area is 157 Å². The number of rotatable bonds is 7. The van der Waals surface area contributed by atoms with Gasteiger partial charge in [-0.1, -0.05) is 19.9 Å². The summed E-state index contributed by atoms with van der Waals surface area (Å²) in [4.78, 5) is 14.9. The Hall–Kier alpha value is -1.80. The lowest BCUT2D eigenvalue weighted by atomic mass is 10.1. The first-order chi connectivity index (χ1) is 12.7. The zero-order chi connectivity index (χ0) is 20.0. The standard InChI is InChI=1S/C19H27F3N2O3/c1-4-14-11-24(8-9-26-14)16(5-2)18(25)23-15-7-6-13(3)10-17(15)27-12-19(20,21)22/h6-7,10,14,16H,4-5,8-9,11-12H2,1-3H3,(H,23,25)/t14-,16-/m0/s1. The molecule has 5 nitrogen and oxygen atoms in total. The molecule has 1 aromatic carbocycles. The van der Waals surface area contributed by atoms with Crippen molar-refractivity contribution in [3.63, 3.8) is 0 Å². The predicted octanol–water partition coefficient (Wildman–Crippen LogP) is 3.76. The molecule has 2 atom stereocenters. The quantitative estimate of drug-likeness (QED) is 0.773. The summed E-state index contributed by atoms with van der Waals surface area (Å²) in [6.45, 7) is 6.16. The van der Waals surface area contributed by atoms with Crippen molar-refractivity contribution in [1.82, 2.24) is 4.90 Å². The monoisotopic (exact) mass is 388 g/mol. The first-order valence-electron chi connectivity index (χ1n) is 9.20. The van der Waals surface area contributed by atoms with Crippen LogP contribution >= 0.6 is 0 Å². The highest BCUT2D eigenvalue weighted by atomic mass is 19.4. The van der Waals surface area contributed by atoms with Crippen LogP contribution < -0.4 is 10.1 Å². The predicted molar refractivity (Wildman–Crippen MR) is 97.0 cm³/mol. The molecule has 0 spiro atoms. The van der Waals surface area contributed by atoms with Gasteiger partial charge in [-0.05, 0) is 37.5 Å². The molecule has 0 aliphatic carbocycles. The Morgan fingerprint density at radius 3 is 2.78 bits per heavy atom. The first-order valence-corrected chi connectivity index (χ1v) is 9.20. The molecule has 1 aromatic rings. The van der Waals surface area contributed by atoms with Crippen molar-refractivity contribution < 1.29 is 27.4 Å². The van der Waals surface area contributed by atoms with Crippen LogP contribution in [0.4, 0.5) is 18.9 Å². The smallest absolute Gasteiger partial charge is 0.422 e. The molecule has 1 amide bonds. The number of halogens is 3. The first kappa shape index (κ1) is 21.5. The van der Waals surface area contributed by atoms with E-state index >= 15 is 0 Å². The van der Waals surface area contributed by atoms with Gasteiger partial charge in [0, 0.05) is 13.1 Å². The van der Waals surface area contributed by atoms with E-state index in [-0.39, 0.29) is 29.5 Å². The molecule has 1 N–H and O–H groups in total. The molecule has 1 heterocycles. The molecule has 27 heavy (non-hydrogen) atoms. The summed E-state index contributed by atoms with van der Waals surface area (Å²) >= 11 is 0. The summed E-state index contributed by atoms with van der Waals surface area (Å²) in [5, 5.41) is 2.74. The van der Waals surface area contributed by atoms with Crippen LogP contribution in [0.25, 0.3) is 0 Å². The number of ether oxygens (including phenoxy) is 2. The summed E-state index contributed by atoms with van der Waals surface area (Å²) < 4.78 is 48.1. The SMILES string of the molecule is CC[C@H]1CN([C@@H](CC)C(=O)Nc2ccc(C)cc2OCC(F)(F)F)CCO1. The molecule has 1 aliphatic rings. The Balaban J connectivity index is 2.11. The maximum atomic E-state index is 12.8. The van der Waals surface area contributed by atoms with Crippen LogP contribution in [0.2, 0.25) is 0 Å². The van der Waals surface area contributed by atoms with E-state index in [1.54, 1.807) is 19.1 Å². The zero-order valence-electron chi connectivity index (χ0n) is 15.9. The second kappa shape index (κ2) is 9.41. The third-order valence-electron chi connectivity index (χ3n) is 4.54. The summed E-state index contributed by atoms with van der Waals surface area (Å²) in [6, 6.07) is 4.41. The van der Waals surface area contributed by atoms with Gasteiger partial charge in [0.15, 0.2) is 6.61 Å². The number of nitrogens with one attached hydrogen (secondary N) is 1. The minimum absolute atomic E-state index is 0.0175. The van der Waals surface area contributed by atoms with E-state index < -0.39 is 12.8 Å². The molecule has 152 valence electrons. The Morgan fingerprint density at radius 1 is 1.41 bits per heavy atom. The highest BCUT2D eigenvalue weighted by molar-refractivity contribution is 5.96. The van der Waals surface area contributed by atoms with Crippen LogP contribution in [0.1, 0.15) is 32.3 Å². The number of alkyl halides is 3. The second-order valence-corrected chi connectivity index (χ2v) is 6.71. The molecule has 1 fully saturated rings. The van der Waals surface area contributed by atoms with E-state index in [1.165, 1.54) is 6.07 Å². The van der Waals surface area contributed by atoms with Crippen molar-refractivity contribution >= 4 is 11.6 Å². The fourth-order valence-electron chi connectivity index (χ4n) is 3.11. The topological polar surface area (TPSA) is 50.8 Å². The largest absolute Gasteiger partial charge is 0.482 e. The third kappa shape index (κ3) is 6.39. The lowest BCUT2D eigenvalue weighted by Gasteiger charge is -2.37. The summed E-state index contributed by atoms with van der Waals surface area (Å²) in [6.07, 6.45) is -2.90. The van der Waals surface area contributed by atoms with Gasteiger partial charge in [-0.2, -0.15) is 13.2 Å². The van der Waals surface area contributed by atoms with Crippen LogP contribution in [0.5, 0.6) is 5.75 Å². The van der Waals surface area contributed by atoms with Crippen LogP contribution in [0, 0.1) is 6.92 Å². The van der Waals surface area contributed by atoms with Gasteiger partial charge >= 0.3 is 6.18 Å². The highest BCUT2D eigenvalue weighted by Crippen LogP contribution is 2.28. The number of hydrogen-bond acceptors (Lipinski definition) is 4. The van der Waals surface area contributed by atoms with Crippen molar-refractivity contribution in [1.29, 1.82) is 0 Å². The normalized spacial score (nSPS) is 19.6. The molecular weight excluding hydrogens is 361 g/mol. The number of benzene rings is 1. The van der Waals surface area contributed by atoms with E-state index in [4.69, 9.17) is 9.47 Å². The van der Waals surface area contributed by atoms with Crippen LogP contribution in [0.3, 0.4) is 0 Å². The van der Waals surface area contributed by atoms with Gasteiger partial charge in [0.1, 0.15) is 5.75 Å². The molecule has 0 bridgehead atoms. The fourth-order valence-corrected chi connectivity index (χ4v) is 3.11. The lowest BCUT2D eigenvalue weighted by Crippen LogP contribution is -2.51. The summed E-state index contributed by atoms with van der Waals surface area (Å²) in [7, 11) is 0. The molecule has 1 saturated heterocycles. The number of amides is 1. The van der Waals surface area contributed by atoms with Gasteiger partial charge < -0.3 is 14.8 Å². The zero-order valence-corrected chi connectivity index (χ0v) is 15.9. The van der Waals surface area contributed by atoms with E-state index in [2.05, 4.69) is 10.2 Å². The second-order valence-electron chi connectivity index (χ2n) is 6.71. The van der Waals surface area contributed by atoms with Crippen LogP contribution in [-0.4, -0.2) is 55.4 Å². The number of morpholine rings is 1. The molecule has 2 rings (SSSR count). The van der Waals surface area contributed by atoms with Gasteiger partial charge in [-0.15, -0.1) is 0 Å². The molecule has 0 aromatic heterocycles. The van der Waals surface area contributed by atoms with Crippen molar-refractivity contribution in [2.45, 2.75) is 51.9 Å². The minimum Gasteiger partial charge on any atom is -0.482 e. The molecule has 1 aliphatic heterocycles. The van der Waals surface area contributed by atoms with Gasteiger partial charge in [-0.3, -0.25) is 9.69 Å². The van der Waals surface area contributed by atoms with E-state index in [0.717, 1.165) is 12.0 Å². The van der Waals surface area contributed by atoms with Crippen molar-refractivity contribution in [3.8, 4) is 5.75 Å². The molecular formula is C19H27F3N2O3. The van der Waals surface area contributed by atoms with Crippen molar-refractivity contribution in [3.05, 3.63) is 23.8 Å². The Kier molecular flexibility index (Phi) is 7.49. The molecule has 0 saturated carbocycles. The minimum atomic E-state index is -4.44. The van der Waals surface area contributed by atoms with Crippen LogP contribution in [-0.2, 0) is 9.53 Å². The average Bonchev–Trinajstić information content (AvgIpc) is 2.62. The average molecular weight is 388 g/mol. The fraction of sp³-hybridized carbons (Fsp3) is 0.632. The van der Waals surface area contributed by atoms with Gasteiger partial charge in [-0.25, -0.2) is 0 Å². The molecule has 0 radical (unpaired) electrons. The van der Waals surface area contributed by atoms with Gasteiger partial charge in [0.05, 0.1) is 24.4 Å². The number of hydrogen-bond donors (Lipinski definition) is 1. The van der Waals surface area contributed by atoms with Crippen LogP contribution in [0.15, 0.2) is 18.2 Å². The van der Waals surface area contributed by atoms with Gasteiger partial charge in [0.2, 0.25) is 5.91 Å². The number of aryl methyl sites for hydroxylation is 1.